The Balaban J connectivity index is 1.69. The van der Waals surface area contributed by atoms with Crippen LogP contribution in [0.5, 0.6) is 0 Å². The van der Waals surface area contributed by atoms with Crippen LogP contribution in [0.25, 0.3) is 5.69 Å². The van der Waals surface area contributed by atoms with Crippen LogP contribution in [0.2, 0.25) is 0 Å². The molecule has 0 saturated carbocycles. The highest BCUT2D eigenvalue weighted by Gasteiger charge is 2.26. The van der Waals surface area contributed by atoms with Gasteiger partial charge in [-0.3, -0.25) is 14.2 Å². The Bertz CT molecular complexity index is 684. The number of nitrogens with zero attached hydrogens (tertiary/aromatic N) is 4. The monoisotopic (exact) mass is 316 g/mol. The van der Waals surface area contributed by atoms with Crippen molar-refractivity contribution in [1.82, 2.24) is 19.7 Å². The molecule has 1 aliphatic heterocycles. The van der Waals surface area contributed by atoms with Crippen molar-refractivity contribution in [2.75, 3.05) is 19.7 Å². The third kappa shape index (κ3) is 3.54. The van der Waals surface area contributed by atoms with Crippen molar-refractivity contribution in [3.8, 4) is 5.69 Å². The Morgan fingerprint density at radius 2 is 1.91 bits per heavy atom. The van der Waals surface area contributed by atoms with Crippen molar-refractivity contribution in [3.05, 3.63) is 42.5 Å². The van der Waals surface area contributed by atoms with Gasteiger partial charge < -0.3 is 14.7 Å². The zero-order chi connectivity index (χ0) is 16.2. The van der Waals surface area contributed by atoms with E-state index in [1.54, 1.807) is 34.3 Å². The van der Waals surface area contributed by atoms with E-state index in [2.05, 4.69) is 10.2 Å². The molecule has 1 saturated heterocycles. The first kappa shape index (κ1) is 15.2. The highest BCUT2D eigenvalue weighted by molar-refractivity contribution is 5.94. The zero-order valence-corrected chi connectivity index (χ0v) is 12.3. The molecule has 1 aromatic carbocycles. The highest BCUT2D eigenvalue weighted by atomic mass is 16.5. The van der Waals surface area contributed by atoms with Crippen molar-refractivity contribution in [2.45, 2.75) is 12.5 Å². The lowest BCUT2D eigenvalue weighted by molar-refractivity contribution is -0.141. The van der Waals surface area contributed by atoms with Crippen LogP contribution in [0, 0.1) is 0 Å². The Labute approximate surface area is 132 Å². The Kier molecular flexibility index (Phi) is 4.33. The maximum atomic E-state index is 12.5. The van der Waals surface area contributed by atoms with E-state index in [9.17, 15) is 9.59 Å². The van der Waals surface area contributed by atoms with Gasteiger partial charge in [0.05, 0.1) is 19.1 Å². The maximum Gasteiger partial charge on any atom is 0.306 e. The van der Waals surface area contributed by atoms with Gasteiger partial charge in [-0.05, 0) is 24.3 Å². The summed E-state index contributed by atoms with van der Waals surface area (Å²) in [7, 11) is 0. The predicted molar refractivity (Wildman–Crippen MR) is 79.3 cm³/mol. The van der Waals surface area contributed by atoms with E-state index in [1.807, 2.05) is 12.1 Å². The van der Waals surface area contributed by atoms with Gasteiger partial charge in [-0.25, -0.2) is 0 Å². The number of aliphatic carboxylic acids is 1. The molecule has 1 aliphatic rings. The van der Waals surface area contributed by atoms with E-state index < -0.39 is 12.1 Å². The molecular weight excluding hydrogens is 300 g/mol. The van der Waals surface area contributed by atoms with Gasteiger partial charge in [0.1, 0.15) is 12.7 Å². The fourth-order valence-electron chi connectivity index (χ4n) is 2.51. The molecule has 0 aliphatic carbocycles. The average molecular weight is 316 g/mol. The third-order valence-electron chi connectivity index (χ3n) is 3.66. The molecule has 1 fully saturated rings. The normalized spacial score (nSPS) is 17.9. The highest BCUT2D eigenvalue weighted by Crippen LogP contribution is 2.15. The molecule has 2 aromatic rings. The minimum absolute atomic E-state index is 0.101. The van der Waals surface area contributed by atoms with Crippen LogP contribution in [-0.4, -0.2) is 62.4 Å². The predicted octanol–water partition coefficient (Wildman–Crippen LogP) is 0.583. The molecule has 1 amide bonds. The number of ether oxygens (including phenoxy) is 1. The lowest BCUT2D eigenvalue weighted by Gasteiger charge is -2.32. The zero-order valence-electron chi connectivity index (χ0n) is 12.3. The lowest BCUT2D eigenvalue weighted by atomic mass is 10.1. The van der Waals surface area contributed by atoms with E-state index in [1.165, 1.54) is 0 Å². The Morgan fingerprint density at radius 1 is 1.22 bits per heavy atom. The fourth-order valence-corrected chi connectivity index (χ4v) is 2.51. The van der Waals surface area contributed by atoms with Crippen molar-refractivity contribution < 1.29 is 19.4 Å². The van der Waals surface area contributed by atoms with Crippen molar-refractivity contribution >= 4 is 11.9 Å². The van der Waals surface area contributed by atoms with Crippen LogP contribution in [0.3, 0.4) is 0 Å². The Morgan fingerprint density at radius 3 is 2.57 bits per heavy atom. The molecule has 1 atom stereocenters. The third-order valence-corrected chi connectivity index (χ3v) is 3.66. The topological polar surface area (TPSA) is 97.6 Å². The first-order valence-corrected chi connectivity index (χ1v) is 7.21. The summed E-state index contributed by atoms with van der Waals surface area (Å²) in [5, 5.41) is 16.3. The summed E-state index contributed by atoms with van der Waals surface area (Å²) in [6, 6.07) is 7.09. The molecule has 1 N–H and O–H groups in total. The second kappa shape index (κ2) is 6.57. The number of hydrogen-bond acceptors (Lipinski definition) is 5. The van der Waals surface area contributed by atoms with Gasteiger partial charge in [0.25, 0.3) is 5.91 Å². The summed E-state index contributed by atoms with van der Waals surface area (Å²) < 4.78 is 7.12. The SMILES string of the molecule is O=C(O)CC1CN(C(=O)c2ccc(-n3cnnc3)cc2)CCO1. The van der Waals surface area contributed by atoms with E-state index in [4.69, 9.17) is 9.84 Å². The van der Waals surface area contributed by atoms with Crippen LogP contribution in [-0.2, 0) is 9.53 Å². The molecule has 3 rings (SSSR count). The standard InChI is InChI=1S/C15H16N4O4/c20-14(21)7-13-8-18(5-6-23-13)15(22)11-1-3-12(4-2-11)19-9-16-17-10-19/h1-4,9-10,13H,5-8H2,(H,20,21). The molecule has 0 radical (unpaired) electrons. The molecule has 8 heteroatoms. The molecular formula is C15H16N4O4. The number of hydrogen-bond donors (Lipinski definition) is 1. The summed E-state index contributed by atoms with van der Waals surface area (Å²) in [6.07, 6.45) is 2.60. The van der Waals surface area contributed by atoms with Gasteiger partial charge in [-0.1, -0.05) is 0 Å². The van der Waals surface area contributed by atoms with Crippen LogP contribution >= 0.6 is 0 Å². The van der Waals surface area contributed by atoms with Crippen LogP contribution in [0.4, 0.5) is 0 Å². The molecule has 1 unspecified atom stereocenters. The van der Waals surface area contributed by atoms with Crippen molar-refractivity contribution in [2.24, 2.45) is 0 Å². The number of amides is 1. The number of carbonyl (C=O) groups excluding carboxylic acids is 1. The summed E-state index contributed by atoms with van der Waals surface area (Å²) in [5.41, 5.74) is 1.41. The summed E-state index contributed by atoms with van der Waals surface area (Å²) in [6.45, 7) is 1.10. The smallest absolute Gasteiger partial charge is 0.306 e. The number of carboxylic acids is 1. The number of rotatable bonds is 4. The van der Waals surface area contributed by atoms with Gasteiger partial charge in [0, 0.05) is 24.3 Å². The lowest BCUT2D eigenvalue weighted by Crippen LogP contribution is -2.46. The van der Waals surface area contributed by atoms with Crippen LogP contribution in [0.15, 0.2) is 36.9 Å². The second-order valence-corrected chi connectivity index (χ2v) is 5.26. The molecule has 0 bridgehead atoms. The Hall–Kier alpha value is -2.74. The van der Waals surface area contributed by atoms with E-state index in [0.717, 1.165) is 5.69 Å². The van der Waals surface area contributed by atoms with Crippen LogP contribution in [0.1, 0.15) is 16.8 Å². The number of carbonyl (C=O) groups is 2. The molecule has 8 nitrogen and oxygen atoms in total. The first-order chi connectivity index (χ1) is 11.1. The average Bonchev–Trinajstić information content (AvgIpc) is 3.08. The summed E-state index contributed by atoms with van der Waals surface area (Å²) in [4.78, 5) is 24.9. The number of carboxylic acid groups (broad SMARTS) is 1. The quantitative estimate of drug-likeness (QED) is 0.886. The molecule has 1 aromatic heterocycles. The van der Waals surface area contributed by atoms with Gasteiger partial charge >= 0.3 is 5.97 Å². The first-order valence-electron chi connectivity index (χ1n) is 7.21. The van der Waals surface area contributed by atoms with Gasteiger partial charge in [-0.15, -0.1) is 10.2 Å². The molecule has 2 heterocycles. The van der Waals surface area contributed by atoms with Crippen molar-refractivity contribution in [3.63, 3.8) is 0 Å². The second-order valence-electron chi connectivity index (χ2n) is 5.26. The van der Waals surface area contributed by atoms with Gasteiger partial charge in [0.2, 0.25) is 0 Å². The number of aromatic nitrogens is 3. The largest absolute Gasteiger partial charge is 0.481 e. The van der Waals surface area contributed by atoms with Gasteiger partial charge in [0.15, 0.2) is 0 Å². The molecule has 0 spiro atoms. The van der Waals surface area contributed by atoms with E-state index >= 15 is 0 Å². The number of benzene rings is 1. The fraction of sp³-hybridized carbons (Fsp3) is 0.333. The van der Waals surface area contributed by atoms with E-state index in [-0.39, 0.29) is 12.3 Å². The van der Waals surface area contributed by atoms with Crippen LogP contribution < -0.4 is 0 Å². The minimum Gasteiger partial charge on any atom is -0.481 e. The minimum atomic E-state index is -0.928. The maximum absolute atomic E-state index is 12.5. The summed E-state index contributed by atoms with van der Waals surface area (Å²) >= 11 is 0. The van der Waals surface area contributed by atoms with Crippen molar-refractivity contribution in [1.29, 1.82) is 0 Å². The van der Waals surface area contributed by atoms with E-state index in [0.29, 0.717) is 25.3 Å². The summed E-state index contributed by atoms with van der Waals surface area (Å²) in [5.74, 6) is -1.05. The molecule has 23 heavy (non-hydrogen) atoms. The number of morpholine rings is 1. The molecule has 120 valence electrons. The van der Waals surface area contributed by atoms with Gasteiger partial charge in [-0.2, -0.15) is 0 Å².